The van der Waals surface area contributed by atoms with Crippen LogP contribution in [0.1, 0.15) is 25.8 Å². The Balaban J connectivity index is 2.50. The van der Waals surface area contributed by atoms with Crippen LogP contribution in [0, 0.1) is 0 Å². The Labute approximate surface area is 100 Å². The number of carbonyl (C=O) groups excluding carboxylic acids is 1. The van der Waals surface area contributed by atoms with Gasteiger partial charge in [-0.3, -0.25) is 0 Å². The van der Waals surface area contributed by atoms with Gasteiger partial charge in [0.05, 0.1) is 0 Å². The summed E-state index contributed by atoms with van der Waals surface area (Å²) in [5.41, 5.74) is 0.359. The topological polar surface area (TPSA) is 63.6 Å². The summed E-state index contributed by atoms with van der Waals surface area (Å²) >= 11 is 0. The number of hydrogen-bond donors (Lipinski definition) is 1. The lowest BCUT2D eigenvalue weighted by atomic mass is 9.98. The summed E-state index contributed by atoms with van der Waals surface area (Å²) in [4.78, 5) is 21.3. The van der Waals surface area contributed by atoms with E-state index in [9.17, 15) is 9.59 Å². The quantitative estimate of drug-likeness (QED) is 0.641. The van der Waals surface area contributed by atoms with E-state index in [0.29, 0.717) is 6.42 Å². The van der Waals surface area contributed by atoms with Crippen LogP contribution >= 0.6 is 0 Å². The van der Waals surface area contributed by atoms with Gasteiger partial charge in [0.15, 0.2) is 0 Å². The highest BCUT2D eigenvalue weighted by Gasteiger charge is 2.26. The average molecular weight is 236 g/mol. The van der Waals surface area contributed by atoms with Gasteiger partial charge in [-0.2, -0.15) is 0 Å². The van der Waals surface area contributed by atoms with Crippen LogP contribution in [0.2, 0.25) is 0 Å². The van der Waals surface area contributed by atoms with Crippen LogP contribution in [0.15, 0.2) is 30.3 Å². The number of aliphatic carboxylic acids is 1. The van der Waals surface area contributed by atoms with Crippen LogP contribution in [0.4, 0.5) is 0 Å². The zero-order valence-corrected chi connectivity index (χ0v) is 9.97. The smallest absolute Gasteiger partial charge is 0.417 e. The van der Waals surface area contributed by atoms with Gasteiger partial charge in [0.25, 0.3) is 0 Å². The van der Waals surface area contributed by atoms with Crippen molar-refractivity contribution in [1.29, 1.82) is 0 Å². The second-order valence-corrected chi connectivity index (χ2v) is 4.44. The number of rotatable bonds is 4. The lowest BCUT2D eigenvalue weighted by Gasteiger charge is -2.24. The van der Waals surface area contributed by atoms with Gasteiger partial charge in [-0.05, 0) is 32.3 Å². The summed E-state index contributed by atoms with van der Waals surface area (Å²) < 4.78 is 4.88. The van der Waals surface area contributed by atoms with Crippen molar-refractivity contribution in [3.63, 3.8) is 0 Å². The predicted octanol–water partition coefficient (Wildman–Crippen LogP) is 2.03. The third kappa shape index (κ3) is 4.68. The van der Waals surface area contributed by atoms with Crippen molar-refractivity contribution in [2.24, 2.45) is 0 Å². The first-order valence-corrected chi connectivity index (χ1v) is 5.41. The molecule has 0 unspecified atom stereocenters. The molecular weight excluding hydrogens is 220 g/mol. The number of benzene rings is 1. The number of carboxylic acid groups (broad SMARTS) is 1. The summed E-state index contributed by atoms with van der Waals surface area (Å²) in [5.74, 6) is -2.76. The van der Waals surface area contributed by atoms with Crippen molar-refractivity contribution in [3.8, 4) is 0 Å². The molecule has 4 heteroatoms. The third-order valence-electron chi connectivity index (χ3n) is 2.40. The van der Waals surface area contributed by atoms with Crippen molar-refractivity contribution >= 4 is 11.9 Å². The molecule has 0 fully saturated rings. The Kier molecular flexibility index (Phi) is 4.26. The summed E-state index contributed by atoms with van der Waals surface area (Å²) in [6, 6.07) is 9.76. The third-order valence-corrected chi connectivity index (χ3v) is 2.40. The van der Waals surface area contributed by atoms with Crippen molar-refractivity contribution < 1.29 is 19.4 Å². The minimum absolute atomic E-state index is 0.579. The normalized spacial score (nSPS) is 10.9. The van der Waals surface area contributed by atoms with Crippen molar-refractivity contribution in [2.75, 3.05) is 0 Å². The van der Waals surface area contributed by atoms with Gasteiger partial charge in [-0.25, -0.2) is 9.59 Å². The van der Waals surface area contributed by atoms with Gasteiger partial charge in [-0.1, -0.05) is 30.3 Å². The first-order chi connectivity index (χ1) is 7.91. The maximum absolute atomic E-state index is 10.9. The molecule has 0 saturated heterocycles. The zero-order valence-electron chi connectivity index (χ0n) is 9.97. The Morgan fingerprint density at radius 3 is 2.35 bits per heavy atom. The van der Waals surface area contributed by atoms with Gasteiger partial charge in [0.2, 0.25) is 0 Å². The second kappa shape index (κ2) is 5.48. The standard InChI is InChI=1S/C13H16O4/c1-13(2,17-12(16)11(14)15)9-8-10-6-4-3-5-7-10/h3-7H,8-9H2,1-2H3,(H,14,15). The minimum atomic E-state index is -1.56. The maximum atomic E-state index is 10.9. The highest BCUT2D eigenvalue weighted by Crippen LogP contribution is 2.18. The molecule has 1 aromatic carbocycles. The highest BCUT2D eigenvalue weighted by molar-refractivity contribution is 6.28. The molecule has 1 aromatic rings. The molecule has 0 aliphatic rings. The Morgan fingerprint density at radius 2 is 1.82 bits per heavy atom. The molecule has 0 aliphatic heterocycles. The molecule has 92 valence electrons. The van der Waals surface area contributed by atoms with Gasteiger partial charge in [-0.15, -0.1) is 0 Å². The van der Waals surface area contributed by atoms with Gasteiger partial charge in [0.1, 0.15) is 5.60 Å². The molecular formula is C13H16O4. The van der Waals surface area contributed by atoms with E-state index in [0.717, 1.165) is 12.0 Å². The summed E-state index contributed by atoms with van der Waals surface area (Å²) in [6.45, 7) is 3.41. The molecule has 0 saturated carbocycles. The first kappa shape index (κ1) is 13.2. The number of carboxylic acids is 1. The summed E-state index contributed by atoms with van der Waals surface area (Å²) in [7, 11) is 0. The average Bonchev–Trinajstić information content (AvgIpc) is 2.27. The lowest BCUT2D eigenvalue weighted by molar-refractivity contribution is -0.172. The van der Waals surface area contributed by atoms with E-state index in [4.69, 9.17) is 9.84 Å². The maximum Gasteiger partial charge on any atom is 0.417 e. The molecule has 0 atom stereocenters. The summed E-state index contributed by atoms with van der Waals surface area (Å²) in [5, 5.41) is 8.46. The number of aryl methyl sites for hydroxylation is 1. The van der Waals surface area contributed by atoms with Crippen LogP contribution in [0.5, 0.6) is 0 Å². The molecule has 1 N–H and O–H groups in total. The lowest BCUT2D eigenvalue weighted by Crippen LogP contribution is -2.32. The minimum Gasteiger partial charge on any atom is -0.473 e. The fourth-order valence-corrected chi connectivity index (χ4v) is 1.44. The van der Waals surface area contributed by atoms with Crippen LogP contribution in [0.3, 0.4) is 0 Å². The van der Waals surface area contributed by atoms with E-state index < -0.39 is 17.5 Å². The highest BCUT2D eigenvalue weighted by atomic mass is 16.6. The van der Waals surface area contributed by atoms with E-state index in [1.165, 1.54) is 0 Å². The molecule has 4 nitrogen and oxygen atoms in total. The molecule has 0 bridgehead atoms. The van der Waals surface area contributed by atoms with E-state index in [1.807, 2.05) is 30.3 Å². The van der Waals surface area contributed by atoms with Crippen LogP contribution in [-0.4, -0.2) is 22.6 Å². The summed E-state index contributed by atoms with van der Waals surface area (Å²) in [6.07, 6.45) is 1.32. The van der Waals surface area contributed by atoms with E-state index in [2.05, 4.69) is 0 Å². The number of esters is 1. The SMILES string of the molecule is CC(C)(CCc1ccccc1)OC(=O)C(=O)O. The second-order valence-electron chi connectivity index (χ2n) is 4.44. The van der Waals surface area contributed by atoms with Crippen LogP contribution in [0.25, 0.3) is 0 Å². The van der Waals surface area contributed by atoms with Gasteiger partial charge >= 0.3 is 11.9 Å². The number of hydrogen-bond acceptors (Lipinski definition) is 3. The fourth-order valence-electron chi connectivity index (χ4n) is 1.44. The largest absolute Gasteiger partial charge is 0.473 e. The molecule has 0 heterocycles. The van der Waals surface area contributed by atoms with Crippen molar-refractivity contribution in [2.45, 2.75) is 32.3 Å². The molecule has 0 amide bonds. The molecule has 0 aromatic heterocycles. The van der Waals surface area contributed by atoms with Gasteiger partial charge < -0.3 is 9.84 Å². The van der Waals surface area contributed by atoms with E-state index in [-0.39, 0.29) is 0 Å². The van der Waals surface area contributed by atoms with E-state index in [1.54, 1.807) is 13.8 Å². The fraction of sp³-hybridized carbons (Fsp3) is 0.385. The monoisotopic (exact) mass is 236 g/mol. The molecule has 0 radical (unpaired) electrons. The Bertz CT molecular complexity index is 395. The number of carbonyl (C=O) groups is 2. The molecule has 0 aliphatic carbocycles. The zero-order chi connectivity index (χ0) is 12.9. The Morgan fingerprint density at radius 1 is 1.24 bits per heavy atom. The molecule has 1 rings (SSSR count). The van der Waals surface area contributed by atoms with Crippen LogP contribution in [-0.2, 0) is 20.7 Å². The first-order valence-electron chi connectivity index (χ1n) is 5.41. The predicted molar refractivity (Wildman–Crippen MR) is 62.6 cm³/mol. The van der Waals surface area contributed by atoms with Crippen LogP contribution < -0.4 is 0 Å². The van der Waals surface area contributed by atoms with Crippen molar-refractivity contribution in [3.05, 3.63) is 35.9 Å². The Hall–Kier alpha value is -1.84. The number of ether oxygens (including phenoxy) is 1. The molecule has 0 spiro atoms. The van der Waals surface area contributed by atoms with E-state index >= 15 is 0 Å². The molecule has 17 heavy (non-hydrogen) atoms. The van der Waals surface area contributed by atoms with Gasteiger partial charge in [0, 0.05) is 0 Å². The van der Waals surface area contributed by atoms with Crippen molar-refractivity contribution in [1.82, 2.24) is 0 Å².